The zero-order chi connectivity index (χ0) is 22.3. The lowest BCUT2D eigenvalue weighted by molar-refractivity contribution is -0.130. The molecule has 1 aliphatic heterocycles. The minimum Gasteiger partial charge on any atom is -0.352 e. The smallest absolute Gasteiger partial charge is 0.261 e. The number of halogens is 1. The van der Waals surface area contributed by atoms with Gasteiger partial charge in [0.15, 0.2) is 0 Å². The second-order valence-electron chi connectivity index (χ2n) is 7.41. The number of sulfonamides is 1. The number of anilines is 1. The molecule has 0 aliphatic carbocycles. The molecule has 9 heteroatoms. The summed E-state index contributed by atoms with van der Waals surface area (Å²) in [6.07, 6.45) is 4.18. The summed E-state index contributed by atoms with van der Waals surface area (Å²) >= 11 is 0. The van der Waals surface area contributed by atoms with Crippen LogP contribution >= 0.6 is 0 Å². The first-order valence-electron chi connectivity index (χ1n) is 10.3. The Labute approximate surface area is 181 Å². The molecule has 0 spiro atoms. The predicted octanol–water partition coefficient (Wildman–Crippen LogP) is 3.15. The van der Waals surface area contributed by atoms with E-state index < -0.39 is 21.7 Å². The molecule has 0 bridgehead atoms. The first-order chi connectivity index (χ1) is 14.9. The van der Waals surface area contributed by atoms with Gasteiger partial charge in [-0.3, -0.25) is 14.3 Å². The molecule has 1 saturated heterocycles. The fourth-order valence-electron chi connectivity index (χ4n) is 3.43. The van der Waals surface area contributed by atoms with Gasteiger partial charge < -0.3 is 10.2 Å². The highest BCUT2D eigenvalue weighted by molar-refractivity contribution is 7.92. The van der Waals surface area contributed by atoms with Crippen molar-refractivity contribution in [1.29, 1.82) is 0 Å². The molecule has 31 heavy (non-hydrogen) atoms. The van der Waals surface area contributed by atoms with E-state index in [9.17, 15) is 22.4 Å². The Hall–Kier alpha value is -2.94. The zero-order valence-electron chi connectivity index (χ0n) is 17.1. The summed E-state index contributed by atoms with van der Waals surface area (Å²) in [6, 6.07) is 10.7. The number of benzene rings is 2. The van der Waals surface area contributed by atoms with Gasteiger partial charge in [-0.05, 0) is 55.7 Å². The molecule has 1 heterocycles. The first kappa shape index (κ1) is 22.7. The molecule has 0 saturated carbocycles. The highest BCUT2D eigenvalue weighted by Gasteiger charge is 2.19. The van der Waals surface area contributed by atoms with Crippen molar-refractivity contribution in [3.63, 3.8) is 0 Å². The number of nitrogens with zero attached hydrogens (tertiary/aromatic N) is 1. The maximum Gasteiger partial charge on any atom is 0.261 e. The molecular weight excluding hydrogens is 421 g/mol. The second kappa shape index (κ2) is 10.4. The van der Waals surface area contributed by atoms with Crippen LogP contribution in [0.25, 0.3) is 0 Å². The lowest BCUT2D eigenvalue weighted by atomic mass is 10.1. The summed E-state index contributed by atoms with van der Waals surface area (Å²) in [5.41, 5.74) is 0.311. The van der Waals surface area contributed by atoms with Gasteiger partial charge in [0.1, 0.15) is 5.82 Å². The van der Waals surface area contributed by atoms with Crippen LogP contribution in [0.1, 0.15) is 42.5 Å². The van der Waals surface area contributed by atoms with E-state index in [0.717, 1.165) is 50.1 Å². The zero-order valence-corrected chi connectivity index (χ0v) is 18.0. The van der Waals surface area contributed by atoms with Crippen LogP contribution in [0.4, 0.5) is 10.1 Å². The number of hydrogen-bond acceptors (Lipinski definition) is 4. The summed E-state index contributed by atoms with van der Waals surface area (Å²) in [7, 11) is -3.98. The van der Waals surface area contributed by atoms with Crippen LogP contribution < -0.4 is 10.0 Å². The number of amides is 2. The van der Waals surface area contributed by atoms with E-state index in [1.165, 1.54) is 12.1 Å². The topological polar surface area (TPSA) is 95.6 Å². The van der Waals surface area contributed by atoms with Gasteiger partial charge in [-0.15, -0.1) is 0 Å². The van der Waals surface area contributed by atoms with Crippen LogP contribution in [-0.2, 0) is 14.8 Å². The largest absolute Gasteiger partial charge is 0.352 e. The third-order valence-corrected chi connectivity index (χ3v) is 6.48. The molecule has 0 radical (unpaired) electrons. The molecule has 2 amide bonds. The van der Waals surface area contributed by atoms with Crippen molar-refractivity contribution < 1.29 is 22.4 Å². The fourth-order valence-corrected chi connectivity index (χ4v) is 4.51. The lowest BCUT2D eigenvalue weighted by Gasteiger charge is -2.20. The average Bonchev–Trinajstić information content (AvgIpc) is 2.95. The van der Waals surface area contributed by atoms with Crippen LogP contribution in [0.15, 0.2) is 53.4 Å². The number of hydrogen-bond donors (Lipinski definition) is 2. The molecule has 7 nitrogen and oxygen atoms in total. The normalized spacial score (nSPS) is 14.7. The molecule has 0 aromatic heterocycles. The Morgan fingerprint density at radius 2 is 1.77 bits per heavy atom. The van der Waals surface area contributed by atoms with Crippen molar-refractivity contribution >= 4 is 27.5 Å². The molecule has 0 atom stereocenters. The van der Waals surface area contributed by atoms with Gasteiger partial charge in [0, 0.05) is 26.1 Å². The van der Waals surface area contributed by atoms with Gasteiger partial charge in [0.2, 0.25) is 5.91 Å². The second-order valence-corrected chi connectivity index (χ2v) is 9.09. The highest BCUT2D eigenvalue weighted by atomic mass is 32.2. The van der Waals surface area contributed by atoms with Crippen LogP contribution in [0.3, 0.4) is 0 Å². The maximum atomic E-state index is 13.1. The van der Waals surface area contributed by atoms with E-state index in [1.807, 2.05) is 4.90 Å². The van der Waals surface area contributed by atoms with Gasteiger partial charge in [0.25, 0.3) is 15.9 Å². The number of rotatable bonds is 8. The van der Waals surface area contributed by atoms with E-state index in [0.29, 0.717) is 25.9 Å². The van der Waals surface area contributed by atoms with E-state index in [-0.39, 0.29) is 22.1 Å². The summed E-state index contributed by atoms with van der Waals surface area (Å²) in [5.74, 6) is -0.801. The number of nitrogens with one attached hydrogen (secondary N) is 2. The van der Waals surface area contributed by atoms with Crippen molar-refractivity contribution in [1.82, 2.24) is 10.2 Å². The molecule has 1 fully saturated rings. The van der Waals surface area contributed by atoms with Crippen LogP contribution in [0.5, 0.6) is 0 Å². The van der Waals surface area contributed by atoms with Gasteiger partial charge >= 0.3 is 0 Å². The quantitative estimate of drug-likeness (QED) is 0.608. The van der Waals surface area contributed by atoms with Crippen molar-refractivity contribution in [3.8, 4) is 0 Å². The van der Waals surface area contributed by atoms with E-state index in [4.69, 9.17) is 0 Å². The van der Waals surface area contributed by atoms with Gasteiger partial charge in [0.05, 0.1) is 16.1 Å². The standard InChI is InChI=1S/C22H26FN3O4S/c23-17-10-12-18(13-11-17)31(29,30)25-20-8-4-3-7-19(20)22(28)24-14-6-16-26-15-5-1-2-9-21(26)27/h3-4,7-8,10-13,25H,1-2,5-6,9,14-16H2,(H,24,28). The van der Waals surface area contributed by atoms with Crippen molar-refractivity contribution in [3.05, 3.63) is 59.9 Å². The molecule has 1 aliphatic rings. The molecular formula is C22H26FN3O4S. The van der Waals surface area contributed by atoms with Gasteiger partial charge in [-0.2, -0.15) is 0 Å². The Balaban J connectivity index is 1.59. The predicted molar refractivity (Wildman–Crippen MR) is 116 cm³/mol. The Bertz CT molecular complexity index is 1030. The number of para-hydroxylation sites is 1. The summed E-state index contributed by atoms with van der Waals surface area (Å²) in [5, 5.41) is 2.78. The van der Waals surface area contributed by atoms with Crippen LogP contribution in [0.2, 0.25) is 0 Å². The van der Waals surface area contributed by atoms with Gasteiger partial charge in [-0.1, -0.05) is 18.6 Å². The van der Waals surface area contributed by atoms with E-state index >= 15 is 0 Å². The third-order valence-electron chi connectivity index (χ3n) is 5.10. The van der Waals surface area contributed by atoms with Crippen molar-refractivity contribution in [2.24, 2.45) is 0 Å². The number of likely N-dealkylation sites (tertiary alicyclic amines) is 1. The lowest BCUT2D eigenvalue weighted by Crippen LogP contribution is -2.34. The molecule has 0 unspecified atom stereocenters. The highest BCUT2D eigenvalue weighted by Crippen LogP contribution is 2.20. The average molecular weight is 448 g/mol. The minimum absolute atomic E-state index is 0.105. The SMILES string of the molecule is O=C(NCCCN1CCCCCC1=O)c1ccccc1NS(=O)(=O)c1ccc(F)cc1. The summed E-state index contributed by atoms with van der Waals surface area (Å²) < 4.78 is 40.6. The third kappa shape index (κ3) is 6.27. The monoisotopic (exact) mass is 447 g/mol. The van der Waals surface area contributed by atoms with Crippen molar-refractivity contribution in [2.45, 2.75) is 37.0 Å². The molecule has 2 aromatic rings. The molecule has 166 valence electrons. The first-order valence-corrected chi connectivity index (χ1v) is 11.8. The number of carbonyl (C=O) groups is 2. The van der Waals surface area contributed by atoms with E-state index in [2.05, 4.69) is 10.0 Å². The summed E-state index contributed by atoms with van der Waals surface area (Å²) in [6.45, 7) is 1.69. The Morgan fingerprint density at radius 1 is 1.03 bits per heavy atom. The summed E-state index contributed by atoms with van der Waals surface area (Å²) in [4.78, 5) is 26.4. The van der Waals surface area contributed by atoms with Crippen molar-refractivity contribution in [2.75, 3.05) is 24.4 Å². The fraction of sp³-hybridized carbons (Fsp3) is 0.364. The van der Waals surface area contributed by atoms with Crippen LogP contribution in [0, 0.1) is 5.82 Å². The molecule has 2 aromatic carbocycles. The van der Waals surface area contributed by atoms with E-state index in [1.54, 1.807) is 12.1 Å². The molecule has 3 rings (SSSR count). The number of carbonyl (C=O) groups excluding carboxylic acids is 2. The minimum atomic E-state index is -3.98. The van der Waals surface area contributed by atoms with Gasteiger partial charge in [-0.25, -0.2) is 12.8 Å². The van der Waals surface area contributed by atoms with Crippen LogP contribution in [-0.4, -0.2) is 44.8 Å². The molecule has 2 N–H and O–H groups in total. The Morgan fingerprint density at radius 3 is 2.55 bits per heavy atom. The Kier molecular flexibility index (Phi) is 7.62. The maximum absolute atomic E-state index is 13.1.